The number of fused-ring (bicyclic) bond motifs is 2. The number of likely N-dealkylation sites (tertiary alicyclic amines) is 1. The van der Waals surface area contributed by atoms with Gasteiger partial charge in [0.25, 0.3) is 0 Å². The summed E-state index contributed by atoms with van der Waals surface area (Å²) in [6.07, 6.45) is 11.5. The predicted molar refractivity (Wildman–Crippen MR) is 79.3 cm³/mol. The van der Waals surface area contributed by atoms with Gasteiger partial charge in [-0.1, -0.05) is 6.42 Å². The molecule has 20 heavy (non-hydrogen) atoms. The number of rotatable bonds is 4. The van der Waals surface area contributed by atoms with Gasteiger partial charge in [-0.25, -0.2) is 0 Å². The zero-order valence-corrected chi connectivity index (χ0v) is 12.5. The fourth-order valence-electron chi connectivity index (χ4n) is 5.00. The number of piperidine rings is 1. The van der Waals surface area contributed by atoms with Crippen LogP contribution in [0.25, 0.3) is 0 Å². The minimum Gasteiger partial charge on any atom is -0.353 e. The molecular formula is C17H28N2O. The van der Waals surface area contributed by atoms with Gasteiger partial charge in [0.05, 0.1) is 0 Å². The second-order valence-corrected chi connectivity index (χ2v) is 7.75. The Labute approximate surface area is 122 Å². The zero-order chi connectivity index (χ0) is 13.5. The monoisotopic (exact) mass is 276 g/mol. The van der Waals surface area contributed by atoms with E-state index in [1.165, 1.54) is 64.5 Å². The molecule has 3 heteroatoms. The minimum absolute atomic E-state index is 0.340. The highest BCUT2D eigenvalue weighted by Gasteiger charge is 2.40. The summed E-state index contributed by atoms with van der Waals surface area (Å²) in [5.41, 5.74) is 0. The van der Waals surface area contributed by atoms with Gasteiger partial charge < -0.3 is 10.2 Å². The zero-order valence-electron chi connectivity index (χ0n) is 12.5. The third-order valence-corrected chi connectivity index (χ3v) is 6.29. The van der Waals surface area contributed by atoms with Crippen molar-refractivity contribution in [2.24, 2.45) is 17.8 Å². The van der Waals surface area contributed by atoms with E-state index in [0.717, 1.165) is 24.3 Å². The third-order valence-electron chi connectivity index (χ3n) is 6.29. The number of amides is 1. The van der Waals surface area contributed by atoms with Crippen LogP contribution in [0.3, 0.4) is 0 Å². The van der Waals surface area contributed by atoms with Crippen LogP contribution in [0.5, 0.6) is 0 Å². The molecule has 0 aromatic carbocycles. The van der Waals surface area contributed by atoms with Crippen LogP contribution >= 0.6 is 0 Å². The van der Waals surface area contributed by atoms with E-state index in [2.05, 4.69) is 10.2 Å². The lowest BCUT2D eigenvalue weighted by Crippen LogP contribution is -2.45. The Hall–Kier alpha value is -0.570. The maximum atomic E-state index is 12.2. The van der Waals surface area contributed by atoms with E-state index in [1.54, 1.807) is 0 Å². The molecule has 0 aromatic rings. The van der Waals surface area contributed by atoms with Crippen molar-refractivity contribution in [3.05, 3.63) is 0 Å². The Morgan fingerprint density at radius 1 is 1.00 bits per heavy atom. The summed E-state index contributed by atoms with van der Waals surface area (Å²) in [7, 11) is 0. The molecule has 3 nitrogen and oxygen atoms in total. The van der Waals surface area contributed by atoms with Crippen molar-refractivity contribution in [1.82, 2.24) is 10.2 Å². The Bertz CT molecular complexity index is 371. The average Bonchev–Trinajstić information content (AvgIpc) is 3.09. The number of carbonyl (C=O) groups is 1. The highest BCUT2D eigenvalue weighted by atomic mass is 16.1. The first-order valence-electron chi connectivity index (χ1n) is 8.81. The maximum Gasteiger partial charge on any atom is 0.220 e. The van der Waals surface area contributed by atoms with Crippen LogP contribution in [0.2, 0.25) is 0 Å². The van der Waals surface area contributed by atoms with Gasteiger partial charge in [-0.2, -0.15) is 0 Å². The first-order valence-corrected chi connectivity index (χ1v) is 8.81. The Morgan fingerprint density at radius 2 is 1.80 bits per heavy atom. The largest absolute Gasteiger partial charge is 0.353 e. The second kappa shape index (κ2) is 5.32. The Morgan fingerprint density at radius 3 is 2.40 bits per heavy atom. The summed E-state index contributed by atoms with van der Waals surface area (Å²) in [6.45, 7) is 2.40. The van der Waals surface area contributed by atoms with Gasteiger partial charge in [-0.05, 0) is 62.7 Å². The summed E-state index contributed by atoms with van der Waals surface area (Å²) in [6, 6.07) is 1.34. The van der Waals surface area contributed by atoms with Crippen molar-refractivity contribution in [1.29, 1.82) is 0 Å². The molecule has 0 spiro atoms. The van der Waals surface area contributed by atoms with E-state index in [0.29, 0.717) is 17.9 Å². The van der Waals surface area contributed by atoms with Gasteiger partial charge in [0.1, 0.15) is 0 Å². The minimum atomic E-state index is 0.340. The molecule has 1 N–H and O–H groups in total. The first kappa shape index (κ1) is 13.1. The fraction of sp³-hybridized carbons (Fsp3) is 0.941. The molecule has 1 heterocycles. The number of carbonyl (C=O) groups excluding carboxylic acids is 1. The molecule has 1 aliphatic heterocycles. The standard InChI is InChI=1S/C17H28N2O/c20-17(11-14-10-12-1-2-13(14)9-12)18-15-5-7-19(8-6-15)16-3-4-16/h12-16H,1-11H2,(H,18,20). The number of hydrogen-bond acceptors (Lipinski definition) is 2. The van der Waals surface area contributed by atoms with Crippen molar-refractivity contribution in [2.45, 2.75) is 69.9 Å². The molecule has 3 aliphatic carbocycles. The molecule has 112 valence electrons. The van der Waals surface area contributed by atoms with Gasteiger partial charge >= 0.3 is 0 Å². The van der Waals surface area contributed by atoms with Crippen LogP contribution in [0.1, 0.15) is 57.8 Å². The molecule has 0 aromatic heterocycles. The van der Waals surface area contributed by atoms with Gasteiger partial charge in [0.15, 0.2) is 0 Å². The summed E-state index contributed by atoms with van der Waals surface area (Å²) >= 11 is 0. The third kappa shape index (κ3) is 2.74. The van der Waals surface area contributed by atoms with Crippen molar-refractivity contribution in [3.63, 3.8) is 0 Å². The van der Waals surface area contributed by atoms with Gasteiger partial charge in [0, 0.05) is 31.6 Å². The topological polar surface area (TPSA) is 32.3 Å². The van der Waals surface area contributed by atoms with Crippen molar-refractivity contribution in [2.75, 3.05) is 13.1 Å². The molecule has 4 aliphatic rings. The lowest BCUT2D eigenvalue weighted by Gasteiger charge is -2.32. The highest BCUT2D eigenvalue weighted by Crippen LogP contribution is 2.49. The van der Waals surface area contributed by atoms with E-state index >= 15 is 0 Å². The van der Waals surface area contributed by atoms with Crippen LogP contribution in [0, 0.1) is 17.8 Å². The van der Waals surface area contributed by atoms with Crippen molar-refractivity contribution < 1.29 is 4.79 Å². The fourth-order valence-corrected chi connectivity index (χ4v) is 5.00. The molecular weight excluding hydrogens is 248 g/mol. The molecule has 4 fully saturated rings. The Balaban J connectivity index is 1.20. The number of nitrogens with one attached hydrogen (secondary N) is 1. The highest BCUT2D eigenvalue weighted by molar-refractivity contribution is 5.76. The molecule has 3 unspecified atom stereocenters. The molecule has 3 atom stereocenters. The van der Waals surface area contributed by atoms with Crippen LogP contribution in [-0.4, -0.2) is 36.0 Å². The molecule has 0 radical (unpaired) electrons. The average molecular weight is 276 g/mol. The van der Waals surface area contributed by atoms with E-state index in [-0.39, 0.29) is 0 Å². The summed E-state index contributed by atoms with van der Waals surface area (Å²) in [5.74, 6) is 2.88. The lowest BCUT2D eigenvalue weighted by molar-refractivity contribution is -0.123. The quantitative estimate of drug-likeness (QED) is 0.856. The Kier molecular flexibility index (Phi) is 3.49. The SMILES string of the molecule is O=C(CC1CC2CCC1C2)NC1CCN(C2CC2)CC1. The van der Waals surface area contributed by atoms with Gasteiger partial charge in [-0.15, -0.1) is 0 Å². The summed E-state index contributed by atoms with van der Waals surface area (Å²) < 4.78 is 0. The van der Waals surface area contributed by atoms with Crippen LogP contribution < -0.4 is 5.32 Å². The molecule has 4 rings (SSSR count). The van der Waals surface area contributed by atoms with E-state index in [1.807, 2.05) is 0 Å². The van der Waals surface area contributed by atoms with E-state index in [4.69, 9.17) is 0 Å². The van der Waals surface area contributed by atoms with Crippen LogP contribution in [0.15, 0.2) is 0 Å². The molecule has 1 saturated heterocycles. The second-order valence-electron chi connectivity index (χ2n) is 7.75. The van der Waals surface area contributed by atoms with Crippen LogP contribution in [-0.2, 0) is 4.79 Å². The summed E-state index contributed by atoms with van der Waals surface area (Å²) in [5, 5.41) is 3.32. The van der Waals surface area contributed by atoms with E-state index in [9.17, 15) is 4.79 Å². The summed E-state index contributed by atoms with van der Waals surface area (Å²) in [4.78, 5) is 14.9. The molecule has 1 amide bonds. The van der Waals surface area contributed by atoms with Gasteiger partial charge in [0.2, 0.25) is 5.91 Å². The normalized spacial score (nSPS) is 38.3. The number of nitrogens with zero attached hydrogens (tertiary/aromatic N) is 1. The molecule has 2 bridgehead atoms. The van der Waals surface area contributed by atoms with Gasteiger partial charge in [-0.3, -0.25) is 4.79 Å². The number of hydrogen-bond donors (Lipinski definition) is 1. The van der Waals surface area contributed by atoms with Crippen LogP contribution in [0.4, 0.5) is 0 Å². The first-order chi connectivity index (χ1) is 9.78. The predicted octanol–water partition coefficient (Wildman–Crippen LogP) is 2.56. The van der Waals surface area contributed by atoms with Crippen molar-refractivity contribution >= 4 is 5.91 Å². The maximum absolute atomic E-state index is 12.2. The smallest absolute Gasteiger partial charge is 0.220 e. The van der Waals surface area contributed by atoms with Crippen molar-refractivity contribution in [3.8, 4) is 0 Å². The lowest BCUT2D eigenvalue weighted by atomic mass is 9.86. The van der Waals surface area contributed by atoms with E-state index < -0.39 is 0 Å². The molecule has 3 saturated carbocycles.